The molecule has 1 N–H and O–H groups in total. The van der Waals surface area contributed by atoms with Crippen LogP contribution in [0.25, 0.3) is 22.5 Å². The van der Waals surface area contributed by atoms with E-state index < -0.39 is 46.7 Å². The summed E-state index contributed by atoms with van der Waals surface area (Å²) >= 11 is 6.62. The number of imidazole rings is 1. The van der Waals surface area contributed by atoms with Crippen LogP contribution in [0.4, 0.5) is 0 Å². The van der Waals surface area contributed by atoms with Crippen molar-refractivity contribution in [2.45, 2.75) is 71.3 Å². The second kappa shape index (κ2) is 21.7. The van der Waals surface area contributed by atoms with Crippen LogP contribution < -0.4 is 0 Å². The number of halogens is 1. The van der Waals surface area contributed by atoms with Gasteiger partial charge in [0.05, 0.1) is 38.8 Å². The minimum absolute atomic E-state index is 0.0424. The second-order valence-corrected chi connectivity index (χ2v) is 12.6. The molecule has 0 saturated carbocycles. The largest absolute Gasteiger partial charge is 0.466 e. The molecule has 294 valence electrons. The Morgan fingerprint density at radius 3 is 2.11 bits per heavy atom. The number of tetrazole rings is 1. The van der Waals surface area contributed by atoms with E-state index in [0.717, 1.165) is 35.1 Å². The van der Waals surface area contributed by atoms with Gasteiger partial charge in [-0.15, -0.1) is 30.4 Å². The fourth-order valence-electron chi connectivity index (χ4n) is 5.59. The Bertz CT molecular complexity index is 1890. The van der Waals surface area contributed by atoms with Crippen LogP contribution in [-0.2, 0) is 41.7 Å². The van der Waals surface area contributed by atoms with Gasteiger partial charge in [-0.2, -0.15) is 5.21 Å². The molecular weight excluding hydrogens is 744 g/mol. The molecule has 0 aliphatic heterocycles. The molecule has 4 aromatic rings. The van der Waals surface area contributed by atoms with Gasteiger partial charge in [0, 0.05) is 24.9 Å². The van der Waals surface area contributed by atoms with Crippen molar-refractivity contribution in [2.75, 3.05) is 26.4 Å². The predicted octanol–water partition coefficient (Wildman–Crippen LogP) is 5.42. The number of unbranched alkanes of at least 4 members (excludes halogenated alkanes) is 3. The number of hydrogen-bond donors (Lipinski definition) is 1. The number of esters is 2. The number of H-pyrrole nitrogens is 1. The normalized spacial score (nSPS) is 11.5. The van der Waals surface area contributed by atoms with Crippen molar-refractivity contribution in [3.63, 3.8) is 0 Å². The zero-order chi connectivity index (χ0) is 39.6. The molecule has 1 atom stereocenters. The molecule has 0 saturated heterocycles. The summed E-state index contributed by atoms with van der Waals surface area (Å²) in [4.78, 5) is 73.8. The molecule has 4 rings (SSSR count). The number of carbonyl (C=O) groups excluding carboxylic acids is 3. The SMILES string of the molecule is CCCCc1nc(Cl)c(C(=O)CC(CC(=O)OCCCCO[N+](=O)[O-])C(=O)OCCCCO[N+](=O)[O-])n1Cc1ccc(-c2ccccc2-c2nn[nH]n2)cc1. The number of benzene rings is 2. The van der Waals surface area contributed by atoms with E-state index in [9.17, 15) is 34.6 Å². The smallest absolute Gasteiger partial charge is 0.309 e. The lowest BCUT2D eigenvalue weighted by Crippen LogP contribution is -2.26. The third-order valence-corrected chi connectivity index (χ3v) is 8.56. The van der Waals surface area contributed by atoms with Crippen molar-refractivity contribution in [3.05, 3.63) is 91.0 Å². The van der Waals surface area contributed by atoms with Gasteiger partial charge in [0.25, 0.3) is 10.2 Å². The van der Waals surface area contributed by atoms with Crippen molar-refractivity contribution in [1.29, 1.82) is 0 Å². The molecule has 19 nitrogen and oxygen atoms in total. The number of aromatic amines is 1. The molecule has 1 unspecified atom stereocenters. The van der Waals surface area contributed by atoms with Gasteiger partial charge in [-0.3, -0.25) is 14.4 Å². The summed E-state index contributed by atoms with van der Waals surface area (Å²) in [7, 11) is 0. The molecule has 0 bridgehead atoms. The Morgan fingerprint density at radius 1 is 0.855 bits per heavy atom. The molecule has 55 heavy (non-hydrogen) atoms. The first-order chi connectivity index (χ1) is 26.6. The first-order valence-electron chi connectivity index (χ1n) is 17.6. The van der Waals surface area contributed by atoms with E-state index in [0.29, 0.717) is 18.1 Å². The summed E-state index contributed by atoms with van der Waals surface area (Å²) in [5, 5.41) is 33.2. The van der Waals surface area contributed by atoms with E-state index >= 15 is 0 Å². The minimum atomic E-state index is -1.26. The van der Waals surface area contributed by atoms with Crippen LogP contribution in [0.1, 0.15) is 80.2 Å². The summed E-state index contributed by atoms with van der Waals surface area (Å²) in [6.07, 6.45) is 2.18. The predicted molar refractivity (Wildman–Crippen MR) is 193 cm³/mol. The molecule has 0 aliphatic carbocycles. The summed E-state index contributed by atoms with van der Waals surface area (Å²) < 4.78 is 12.3. The van der Waals surface area contributed by atoms with Crippen LogP contribution in [0.2, 0.25) is 5.15 Å². The van der Waals surface area contributed by atoms with Crippen LogP contribution in [0.15, 0.2) is 48.5 Å². The number of Topliss-reactive ketones (excluding diaryl/α,β-unsaturated/α-hetero) is 1. The molecule has 0 spiro atoms. The molecule has 0 amide bonds. The standard InChI is InChI=1S/C35H41ClN8O11/c1-2-3-12-30-37-33(36)32(42(30)23-24-13-15-25(16-14-24)27-10-4-5-11-28(27)34-38-40-41-39-34)29(45)21-26(35(47)53-18-7-9-20-55-44(50)51)22-31(46)52-17-6-8-19-54-43(48)49/h4-5,10-11,13-16,26H,2-3,6-9,12,17-23H2,1H3,(H,38,39,40,41). The molecule has 0 radical (unpaired) electrons. The Kier molecular flexibility index (Phi) is 16.4. The monoisotopic (exact) mass is 784 g/mol. The molecule has 2 aromatic heterocycles. The van der Waals surface area contributed by atoms with Crippen molar-refractivity contribution in [2.24, 2.45) is 5.92 Å². The summed E-state index contributed by atoms with van der Waals surface area (Å²) in [6.45, 7) is 1.67. The van der Waals surface area contributed by atoms with E-state index in [4.69, 9.17) is 21.1 Å². The number of nitrogens with zero attached hydrogens (tertiary/aromatic N) is 7. The average molecular weight is 785 g/mol. The molecule has 0 aliphatic rings. The molecule has 20 heteroatoms. The highest BCUT2D eigenvalue weighted by Crippen LogP contribution is 2.31. The van der Waals surface area contributed by atoms with Gasteiger partial charge >= 0.3 is 11.9 Å². The Hall–Kier alpha value is -5.98. The van der Waals surface area contributed by atoms with Crippen LogP contribution in [0, 0.1) is 26.1 Å². The highest BCUT2D eigenvalue weighted by molar-refractivity contribution is 6.32. The minimum Gasteiger partial charge on any atom is -0.466 e. The first kappa shape index (κ1) is 41.8. The number of ketones is 1. The summed E-state index contributed by atoms with van der Waals surface area (Å²) in [5.74, 6) is -2.40. The Balaban J connectivity index is 1.52. The van der Waals surface area contributed by atoms with Gasteiger partial charge in [0.15, 0.2) is 10.9 Å². The van der Waals surface area contributed by atoms with Crippen molar-refractivity contribution >= 4 is 29.3 Å². The van der Waals surface area contributed by atoms with Crippen molar-refractivity contribution in [3.8, 4) is 22.5 Å². The lowest BCUT2D eigenvalue weighted by Gasteiger charge is -2.17. The third-order valence-electron chi connectivity index (χ3n) is 8.30. The van der Waals surface area contributed by atoms with E-state index in [1.54, 1.807) is 4.57 Å². The van der Waals surface area contributed by atoms with Crippen LogP contribution in [0.5, 0.6) is 0 Å². The Morgan fingerprint density at radius 2 is 1.49 bits per heavy atom. The zero-order valence-electron chi connectivity index (χ0n) is 30.1. The number of rotatable bonds is 25. The first-order valence-corrected chi connectivity index (χ1v) is 18.0. The number of hydrogen-bond acceptors (Lipinski definition) is 15. The van der Waals surface area contributed by atoms with E-state index in [-0.39, 0.29) is 69.5 Å². The molecular formula is C35H41ClN8O11. The quantitative estimate of drug-likeness (QED) is 0.0290. The number of carbonyl (C=O) groups is 3. The van der Waals surface area contributed by atoms with Crippen molar-refractivity contribution < 1.29 is 43.7 Å². The fraction of sp³-hybridized carbons (Fsp3) is 0.457. The molecule has 2 aromatic carbocycles. The fourth-order valence-corrected chi connectivity index (χ4v) is 5.89. The third kappa shape index (κ3) is 13.1. The van der Waals surface area contributed by atoms with Crippen LogP contribution in [0.3, 0.4) is 0 Å². The maximum Gasteiger partial charge on any atom is 0.309 e. The number of aryl methyl sites for hydroxylation is 1. The van der Waals surface area contributed by atoms with Crippen LogP contribution >= 0.6 is 11.6 Å². The molecule has 0 fully saturated rings. The zero-order valence-corrected chi connectivity index (χ0v) is 30.9. The van der Waals surface area contributed by atoms with Crippen molar-refractivity contribution in [1.82, 2.24) is 30.2 Å². The topological polar surface area (TPSA) is 247 Å². The average Bonchev–Trinajstić information content (AvgIpc) is 3.81. The second-order valence-electron chi connectivity index (χ2n) is 12.3. The number of aromatic nitrogens is 6. The highest BCUT2D eigenvalue weighted by atomic mass is 35.5. The lowest BCUT2D eigenvalue weighted by molar-refractivity contribution is -0.757. The number of nitrogens with one attached hydrogen (secondary N) is 1. The lowest BCUT2D eigenvalue weighted by atomic mass is 9.97. The van der Waals surface area contributed by atoms with E-state index in [1.165, 1.54) is 0 Å². The highest BCUT2D eigenvalue weighted by Gasteiger charge is 2.31. The van der Waals surface area contributed by atoms with Gasteiger partial charge in [0.1, 0.15) is 11.5 Å². The Labute approximate surface area is 319 Å². The summed E-state index contributed by atoms with van der Waals surface area (Å²) in [5.41, 5.74) is 3.51. The van der Waals surface area contributed by atoms with Gasteiger partial charge < -0.3 is 23.7 Å². The van der Waals surface area contributed by atoms with E-state index in [1.807, 2.05) is 55.5 Å². The van der Waals surface area contributed by atoms with Crippen LogP contribution in [-0.4, -0.2) is 84.5 Å². The summed E-state index contributed by atoms with van der Waals surface area (Å²) in [6, 6.07) is 15.4. The van der Waals surface area contributed by atoms with Gasteiger partial charge in [-0.1, -0.05) is 73.5 Å². The maximum absolute atomic E-state index is 14.0. The molecule has 2 heterocycles. The van der Waals surface area contributed by atoms with Gasteiger partial charge in [-0.25, -0.2) is 4.98 Å². The van der Waals surface area contributed by atoms with E-state index in [2.05, 4.69) is 35.3 Å². The van der Waals surface area contributed by atoms with Gasteiger partial charge in [0.2, 0.25) is 5.82 Å². The van der Waals surface area contributed by atoms with Gasteiger partial charge in [-0.05, 0) is 54.0 Å². The maximum atomic E-state index is 14.0. The number of ether oxygens (including phenoxy) is 2.